The molecule has 1 amide bonds. The van der Waals surface area contributed by atoms with Crippen molar-refractivity contribution in [2.24, 2.45) is 0 Å². The fourth-order valence-electron chi connectivity index (χ4n) is 2.46. The summed E-state index contributed by atoms with van der Waals surface area (Å²) < 4.78 is 18.4. The van der Waals surface area contributed by atoms with Crippen LogP contribution in [0.3, 0.4) is 0 Å². The molecule has 8 nitrogen and oxygen atoms in total. The fourth-order valence-corrected chi connectivity index (χ4v) is 2.46. The van der Waals surface area contributed by atoms with Crippen LogP contribution in [-0.4, -0.2) is 29.4 Å². The van der Waals surface area contributed by atoms with E-state index in [-0.39, 0.29) is 23.0 Å². The second-order valence-electron chi connectivity index (χ2n) is 6.50. The molecule has 2 aromatic rings. The van der Waals surface area contributed by atoms with Gasteiger partial charge in [-0.1, -0.05) is 6.07 Å². The normalized spacial score (nSPS) is 12.9. The van der Waals surface area contributed by atoms with E-state index in [0.717, 1.165) is 25.0 Å². The fraction of sp³-hybridized carbons (Fsp3) is 0.263. The largest absolute Gasteiger partial charge is 0.452 e. The van der Waals surface area contributed by atoms with Gasteiger partial charge in [0, 0.05) is 17.8 Å². The molecule has 0 aromatic heterocycles. The SMILES string of the molecule is Cc1ccc(NC(=O)COC(=O)c2ccc(NC3CC3)c([N+](=O)[O-])c2)cc1F. The maximum Gasteiger partial charge on any atom is 0.338 e. The first-order valence-corrected chi connectivity index (χ1v) is 8.61. The first-order valence-electron chi connectivity index (χ1n) is 8.61. The molecule has 146 valence electrons. The first kappa shape index (κ1) is 19.3. The van der Waals surface area contributed by atoms with E-state index < -0.39 is 29.2 Å². The average Bonchev–Trinajstić information content (AvgIpc) is 3.47. The number of rotatable bonds is 7. The van der Waals surface area contributed by atoms with Crippen LogP contribution in [0, 0.1) is 22.9 Å². The number of carbonyl (C=O) groups is 2. The Morgan fingerprint density at radius 3 is 2.64 bits per heavy atom. The molecule has 9 heteroatoms. The average molecular weight is 387 g/mol. The van der Waals surface area contributed by atoms with Crippen molar-refractivity contribution in [3.8, 4) is 0 Å². The number of hydrogen-bond donors (Lipinski definition) is 2. The highest BCUT2D eigenvalue weighted by atomic mass is 19.1. The third kappa shape index (κ3) is 4.81. The number of halogens is 1. The highest BCUT2D eigenvalue weighted by Crippen LogP contribution is 2.31. The van der Waals surface area contributed by atoms with E-state index in [4.69, 9.17) is 4.74 Å². The van der Waals surface area contributed by atoms with Crippen LogP contribution in [0.2, 0.25) is 0 Å². The van der Waals surface area contributed by atoms with Gasteiger partial charge in [-0.2, -0.15) is 0 Å². The van der Waals surface area contributed by atoms with Crippen LogP contribution in [0.25, 0.3) is 0 Å². The summed E-state index contributed by atoms with van der Waals surface area (Å²) in [6.45, 7) is 0.984. The lowest BCUT2D eigenvalue weighted by molar-refractivity contribution is -0.384. The van der Waals surface area contributed by atoms with E-state index in [0.29, 0.717) is 11.3 Å². The molecule has 1 fully saturated rings. The van der Waals surface area contributed by atoms with Gasteiger partial charge < -0.3 is 15.4 Å². The van der Waals surface area contributed by atoms with Crippen LogP contribution in [0.4, 0.5) is 21.5 Å². The predicted octanol–water partition coefficient (Wildman–Crippen LogP) is 3.41. The zero-order valence-corrected chi connectivity index (χ0v) is 15.0. The molecule has 3 rings (SSSR count). The number of nitrogens with one attached hydrogen (secondary N) is 2. The maximum atomic E-state index is 13.5. The van der Waals surface area contributed by atoms with Gasteiger partial charge in [0.2, 0.25) is 0 Å². The number of nitro benzene ring substituents is 1. The van der Waals surface area contributed by atoms with Crippen LogP contribution in [0.1, 0.15) is 28.8 Å². The number of nitro groups is 1. The minimum Gasteiger partial charge on any atom is -0.452 e. The summed E-state index contributed by atoms with van der Waals surface area (Å²) in [5.41, 5.74) is 0.729. The lowest BCUT2D eigenvalue weighted by Crippen LogP contribution is -2.21. The van der Waals surface area contributed by atoms with Crippen molar-refractivity contribution < 1.29 is 23.6 Å². The number of nitrogens with zero attached hydrogens (tertiary/aromatic N) is 1. The molecule has 0 saturated heterocycles. The Balaban J connectivity index is 1.60. The molecule has 28 heavy (non-hydrogen) atoms. The van der Waals surface area contributed by atoms with Crippen molar-refractivity contribution in [2.45, 2.75) is 25.8 Å². The lowest BCUT2D eigenvalue weighted by Gasteiger charge is -2.09. The number of aryl methyl sites for hydroxylation is 1. The predicted molar refractivity (Wildman–Crippen MR) is 99.8 cm³/mol. The second kappa shape index (κ2) is 8.03. The van der Waals surface area contributed by atoms with Gasteiger partial charge in [0.25, 0.3) is 11.6 Å². The molecule has 0 aliphatic heterocycles. The van der Waals surface area contributed by atoms with Gasteiger partial charge in [-0.25, -0.2) is 9.18 Å². The highest BCUT2D eigenvalue weighted by molar-refractivity contribution is 5.96. The van der Waals surface area contributed by atoms with Gasteiger partial charge in [-0.3, -0.25) is 14.9 Å². The molecule has 0 spiro atoms. The van der Waals surface area contributed by atoms with E-state index in [1.807, 2.05) is 0 Å². The lowest BCUT2D eigenvalue weighted by atomic mass is 10.1. The van der Waals surface area contributed by atoms with Crippen molar-refractivity contribution in [1.82, 2.24) is 0 Å². The first-order chi connectivity index (χ1) is 13.3. The number of hydrogen-bond acceptors (Lipinski definition) is 6. The molecule has 2 N–H and O–H groups in total. The molecule has 1 aliphatic carbocycles. The van der Waals surface area contributed by atoms with Gasteiger partial charge in [-0.15, -0.1) is 0 Å². The quantitative estimate of drug-likeness (QED) is 0.428. The van der Waals surface area contributed by atoms with E-state index in [9.17, 15) is 24.1 Å². The number of ether oxygens (including phenoxy) is 1. The minimum absolute atomic E-state index is 0.0396. The second-order valence-corrected chi connectivity index (χ2v) is 6.50. The van der Waals surface area contributed by atoms with E-state index in [1.165, 1.54) is 24.3 Å². The minimum atomic E-state index is -0.869. The van der Waals surface area contributed by atoms with Gasteiger partial charge in [-0.05, 0) is 49.6 Å². The van der Waals surface area contributed by atoms with Gasteiger partial charge in [0.15, 0.2) is 6.61 Å². The molecular formula is C19H18FN3O5. The van der Waals surface area contributed by atoms with Crippen LogP contribution >= 0.6 is 0 Å². The number of anilines is 2. The van der Waals surface area contributed by atoms with Gasteiger partial charge in [0.1, 0.15) is 11.5 Å². The van der Waals surface area contributed by atoms with Crippen molar-refractivity contribution in [1.29, 1.82) is 0 Å². The zero-order chi connectivity index (χ0) is 20.3. The third-order valence-electron chi connectivity index (χ3n) is 4.16. The number of amides is 1. The summed E-state index contributed by atoms with van der Waals surface area (Å²) >= 11 is 0. The van der Waals surface area contributed by atoms with E-state index in [2.05, 4.69) is 10.6 Å². The number of esters is 1. The Kier molecular flexibility index (Phi) is 5.53. The van der Waals surface area contributed by atoms with Crippen molar-refractivity contribution in [3.05, 3.63) is 63.5 Å². The summed E-state index contributed by atoms with van der Waals surface area (Å²) in [4.78, 5) is 34.6. The Bertz CT molecular complexity index is 943. The molecule has 0 heterocycles. The number of carbonyl (C=O) groups excluding carboxylic acids is 2. The van der Waals surface area contributed by atoms with Crippen LogP contribution < -0.4 is 10.6 Å². The van der Waals surface area contributed by atoms with Crippen LogP contribution in [0.5, 0.6) is 0 Å². The zero-order valence-electron chi connectivity index (χ0n) is 15.0. The van der Waals surface area contributed by atoms with Crippen molar-refractivity contribution in [2.75, 3.05) is 17.2 Å². The Morgan fingerprint density at radius 2 is 2.00 bits per heavy atom. The highest BCUT2D eigenvalue weighted by Gasteiger charge is 2.26. The molecule has 0 unspecified atom stereocenters. The Hall–Kier alpha value is -3.49. The van der Waals surface area contributed by atoms with Gasteiger partial charge in [0.05, 0.1) is 10.5 Å². The molecule has 2 aromatic carbocycles. The molecular weight excluding hydrogens is 369 g/mol. The standard InChI is InChI=1S/C19H18FN3O5/c1-11-2-4-14(9-15(11)20)22-18(24)10-28-19(25)12-3-7-16(21-13-5-6-13)17(8-12)23(26)27/h2-4,7-9,13,21H,5-6,10H2,1H3,(H,22,24). The smallest absolute Gasteiger partial charge is 0.338 e. The van der Waals surface area contributed by atoms with Crippen molar-refractivity contribution >= 4 is 28.9 Å². The summed E-state index contributed by atoms with van der Waals surface area (Å²) in [5.74, 6) is -1.99. The van der Waals surface area contributed by atoms with E-state index in [1.54, 1.807) is 6.92 Å². The molecule has 0 radical (unpaired) electrons. The van der Waals surface area contributed by atoms with Crippen LogP contribution in [-0.2, 0) is 9.53 Å². The summed E-state index contributed by atoms with van der Waals surface area (Å²) in [7, 11) is 0. The maximum absolute atomic E-state index is 13.5. The van der Waals surface area contributed by atoms with Crippen LogP contribution in [0.15, 0.2) is 36.4 Å². The summed E-state index contributed by atoms with van der Waals surface area (Å²) in [6.07, 6.45) is 1.89. The molecule has 1 aliphatic rings. The summed E-state index contributed by atoms with van der Waals surface area (Å²) in [6, 6.07) is 8.35. The molecule has 1 saturated carbocycles. The number of benzene rings is 2. The monoisotopic (exact) mass is 387 g/mol. The van der Waals surface area contributed by atoms with E-state index >= 15 is 0 Å². The molecule has 0 atom stereocenters. The third-order valence-corrected chi connectivity index (χ3v) is 4.16. The summed E-state index contributed by atoms with van der Waals surface area (Å²) in [5, 5.41) is 16.7. The Labute approximate surface area is 159 Å². The van der Waals surface area contributed by atoms with Gasteiger partial charge >= 0.3 is 5.97 Å². The van der Waals surface area contributed by atoms with Crippen molar-refractivity contribution in [3.63, 3.8) is 0 Å². The Morgan fingerprint density at radius 1 is 1.25 bits per heavy atom. The topological polar surface area (TPSA) is 111 Å². The molecule has 0 bridgehead atoms.